The Morgan fingerprint density at radius 1 is 1.10 bits per heavy atom. The predicted octanol–water partition coefficient (Wildman–Crippen LogP) is 5.85. The van der Waals surface area contributed by atoms with E-state index in [4.69, 9.17) is 0 Å². The van der Waals surface area contributed by atoms with Crippen LogP contribution in [0.25, 0.3) is 5.57 Å². The lowest BCUT2D eigenvalue weighted by atomic mass is 9.79. The van der Waals surface area contributed by atoms with Crippen molar-refractivity contribution in [2.45, 2.75) is 25.7 Å². The molecular weight excluding hydrogens is 260 g/mol. The molecule has 0 fully saturated rings. The van der Waals surface area contributed by atoms with Crippen LogP contribution >= 0.6 is 11.8 Å². The molecule has 1 unspecified atom stereocenters. The van der Waals surface area contributed by atoms with Crippen molar-refractivity contribution < 1.29 is 0 Å². The lowest BCUT2D eigenvalue weighted by Gasteiger charge is -2.26. The highest BCUT2D eigenvalue weighted by atomic mass is 32.2. The second-order valence-electron chi connectivity index (χ2n) is 6.04. The van der Waals surface area contributed by atoms with E-state index in [-0.39, 0.29) is 5.41 Å². The van der Waals surface area contributed by atoms with Gasteiger partial charge in [-0.1, -0.05) is 81.6 Å². The normalized spacial score (nSPS) is 24.7. The number of hydrogen-bond donors (Lipinski definition) is 0. The number of rotatable bonds is 1. The summed E-state index contributed by atoms with van der Waals surface area (Å²) in [4.78, 5) is 2.62. The molecule has 0 saturated carbocycles. The van der Waals surface area contributed by atoms with Crippen molar-refractivity contribution >= 4 is 17.3 Å². The highest BCUT2D eigenvalue weighted by Crippen LogP contribution is 2.47. The van der Waals surface area contributed by atoms with E-state index >= 15 is 0 Å². The summed E-state index contributed by atoms with van der Waals surface area (Å²) in [7, 11) is 0. The van der Waals surface area contributed by atoms with Gasteiger partial charge in [-0.05, 0) is 28.7 Å². The van der Waals surface area contributed by atoms with Crippen molar-refractivity contribution in [2.24, 2.45) is 11.3 Å². The largest absolute Gasteiger partial charge is 0.0905 e. The molecule has 3 rings (SSSR count). The molecule has 0 aromatic heterocycles. The zero-order valence-corrected chi connectivity index (χ0v) is 13.1. The molecular formula is C19H20S. The van der Waals surface area contributed by atoms with Crippen LogP contribution in [0.4, 0.5) is 0 Å². The monoisotopic (exact) mass is 280 g/mol. The van der Waals surface area contributed by atoms with Gasteiger partial charge in [0.05, 0.1) is 0 Å². The first-order valence-corrected chi connectivity index (χ1v) is 7.92. The lowest BCUT2D eigenvalue weighted by Crippen LogP contribution is -2.17. The van der Waals surface area contributed by atoms with Gasteiger partial charge in [-0.3, -0.25) is 0 Å². The van der Waals surface area contributed by atoms with E-state index in [0.29, 0.717) is 5.92 Å². The summed E-state index contributed by atoms with van der Waals surface area (Å²) in [6.45, 7) is 11.2. The summed E-state index contributed by atoms with van der Waals surface area (Å²) < 4.78 is 0. The zero-order chi connectivity index (χ0) is 14.3. The molecule has 1 heteroatoms. The summed E-state index contributed by atoms with van der Waals surface area (Å²) in [5.74, 6) is 0.581. The second kappa shape index (κ2) is 4.82. The average molecular weight is 280 g/mol. The first-order chi connectivity index (χ1) is 9.51. The first kappa shape index (κ1) is 13.5. The quantitative estimate of drug-likeness (QED) is 0.622. The molecule has 0 amide bonds. The Bertz CT molecular complexity index is 658. The Morgan fingerprint density at radius 3 is 2.55 bits per heavy atom. The molecule has 1 aromatic carbocycles. The molecule has 0 saturated heterocycles. The van der Waals surface area contributed by atoms with Gasteiger partial charge < -0.3 is 0 Å². The first-order valence-electron chi connectivity index (χ1n) is 7.10. The minimum Gasteiger partial charge on any atom is -0.0905 e. The van der Waals surface area contributed by atoms with Crippen molar-refractivity contribution in [1.29, 1.82) is 0 Å². The minimum atomic E-state index is 0.115. The summed E-state index contributed by atoms with van der Waals surface area (Å²) in [6, 6.07) is 8.53. The highest BCUT2D eigenvalue weighted by molar-refractivity contribution is 8.03. The van der Waals surface area contributed by atoms with Gasteiger partial charge >= 0.3 is 0 Å². The van der Waals surface area contributed by atoms with Crippen LogP contribution in [0, 0.1) is 11.3 Å². The SMILES string of the molecule is C=C1C2=C(C=CC(C)(C(C)C)C=C2)Sc2ccccc21. The summed E-state index contributed by atoms with van der Waals surface area (Å²) in [6.07, 6.45) is 9.21. The van der Waals surface area contributed by atoms with Crippen molar-refractivity contribution in [3.05, 3.63) is 71.2 Å². The lowest BCUT2D eigenvalue weighted by molar-refractivity contribution is 0.383. The van der Waals surface area contributed by atoms with Crippen LogP contribution in [-0.2, 0) is 0 Å². The van der Waals surface area contributed by atoms with Gasteiger partial charge in [-0.15, -0.1) is 0 Å². The highest BCUT2D eigenvalue weighted by Gasteiger charge is 2.27. The minimum absolute atomic E-state index is 0.115. The standard InChI is InChI=1S/C19H20S/c1-13(2)19(4)11-9-16-14(3)15-7-5-6-8-17(15)20-18(16)10-12-19/h5-13H,3H2,1-2,4H3. The molecule has 0 N–H and O–H groups in total. The van der Waals surface area contributed by atoms with Crippen LogP contribution < -0.4 is 0 Å². The fourth-order valence-electron chi connectivity index (χ4n) is 2.54. The van der Waals surface area contributed by atoms with Gasteiger partial charge in [0, 0.05) is 15.2 Å². The third kappa shape index (κ3) is 2.10. The fourth-order valence-corrected chi connectivity index (χ4v) is 3.66. The summed E-state index contributed by atoms with van der Waals surface area (Å²) >= 11 is 1.85. The van der Waals surface area contributed by atoms with Crippen LogP contribution in [-0.4, -0.2) is 0 Å². The van der Waals surface area contributed by atoms with Gasteiger partial charge in [0.15, 0.2) is 0 Å². The average Bonchev–Trinajstić information content (AvgIpc) is 2.60. The number of allylic oxidation sites excluding steroid dienone is 6. The molecule has 102 valence electrons. The van der Waals surface area contributed by atoms with E-state index < -0.39 is 0 Å². The van der Waals surface area contributed by atoms with Gasteiger partial charge in [0.1, 0.15) is 0 Å². The number of hydrogen-bond acceptors (Lipinski definition) is 1. The third-order valence-electron chi connectivity index (χ3n) is 4.47. The van der Waals surface area contributed by atoms with E-state index in [2.05, 4.69) is 75.9 Å². The van der Waals surface area contributed by atoms with Gasteiger partial charge in [0.25, 0.3) is 0 Å². The number of benzene rings is 1. The molecule has 1 aromatic rings. The van der Waals surface area contributed by atoms with E-state index in [0.717, 1.165) is 5.57 Å². The Hall–Kier alpha value is -1.47. The molecule has 1 aliphatic heterocycles. The Morgan fingerprint density at radius 2 is 1.80 bits per heavy atom. The van der Waals surface area contributed by atoms with E-state index in [1.807, 2.05) is 11.8 Å². The summed E-state index contributed by atoms with van der Waals surface area (Å²) in [5.41, 5.74) is 3.80. The van der Waals surface area contributed by atoms with Crippen LogP contribution in [0.5, 0.6) is 0 Å². The predicted molar refractivity (Wildman–Crippen MR) is 89.6 cm³/mol. The Balaban J connectivity index is 2.07. The van der Waals surface area contributed by atoms with Gasteiger partial charge in [-0.2, -0.15) is 0 Å². The molecule has 1 atom stereocenters. The molecule has 1 aliphatic carbocycles. The fraction of sp³-hybridized carbons (Fsp3) is 0.263. The molecule has 1 heterocycles. The molecule has 0 bridgehead atoms. The third-order valence-corrected chi connectivity index (χ3v) is 5.62. The second-order valence-corrected chi connectivity index (χ2v) is 7.13. The van der Waals surface area contributed by atoms with Crippen LogP contribution in [0.3, 0.4) is 0 Å². The van der Waals surface area contributed by atoms with Crippen molar-refractivity contribution in [1.82, 2.24) is 0 Å². The molecule has 20 heavy (non-hydrogen) atoms. The van der Waals surface area contributed by atoms with Crippen molar-refractivity contribution in [3.63, 3.8) is 0 Å². The van der Waals surface area contributed by atoms with Crippen molar-refractivity contribution in [2.75, 3.05) is 0 Å². The van der Waals surface area contributed by atoms with Gasteiger partial charge in [0.2, 0.25) is 0 Å². The summed E-state index contributed by atoms with van der Waals surface area (Å²) in [5, 5.41) is 0. The topological polar surface area (TPSA) is 0 Å². The number of fused-ring (bicyclic) bond motifs is 1. The van der Waals surface area contributed by atoms with E-state index in [1.165, 1.54) is 20.9 Å². The maximum Gasteiger partial charge on any atom is 0.0201 e. The number of thioether (sulfide) groups is 1. The zero-order valence-electron chi connectivity index (χ0n) is 12.3. The maximum atomic E-state index is 4.32. The van der Waals surface area contributed by atoms with Crippen LogP contribution in [0.1, 0.15) is 26.3 Å². The maximum absolute atomic E-state index is 4.32. The van der Waals surface area contributed by atoms with Crippen LogP contribution in [0.15, 0.2) is 70.5 Å². The van der Waals surface area contributed by atoms with Crippen molar-refractivity contribution in [3.8, 4) is 0 Å². The molecule has 2 aliphatic rings. The van der Waals surface area contributed by atoms with E-state index in [1.54, 1.807) is 0 Å². The Kier molecular flexibility index (Phi) is 3.25. The smallest absolute Gasteiger partial charge is 0.0201 e. The molecule has 0 spiro atoms. The van der Waals surface area contributed by atoms with Crippen LogP contribution in [0.2, 0.25) is 0 Å². The molecule has 0 nitrogen and oxygen atoms in total. The Labute approximate surface area is 126 Å². The molecule has 0 radical (unpaired) electrons. The van der Waals surface area contributed by atoms with Gasteiger partial charge in [-0.25, -0.2) is 0 Å². The van der Waals surface area contributed by atoms with E-state index in [9.17, 15) is 0 Å².